The van der Waals surface area contributed by atoms with E-state index in [0.717, 1.165) is 18.5 Å². The number of ether oxygens (including phenoxy) is 1. The van der Waals surface area contributed by atoms with Gasteiger partial charge in [-0.05, 0) is 30.9 Å². The number of amides is 2. The topological polar surface area (TPSA) is 58.6 Å². The van der Waals surface area contributed by atoms with Crippen LogP contribution >= 0.6 is 0 Å². The van der Waals surface area contributed by atoms with E-state index in [1.165, 1.54) is 0 Å². The number of benzene rings is 1. The zero-order chi connectivity index (χ0) is 14.1. The molecule has 0 bridgehead atoms. The lowest BCUT2D eigenvalue weighted by Gasteiger charge is -2.24. The summed E-state index contributed by atoms with van der Waals surface area (Å²) in [5.41, 5.74) is 0.788. The molecular weight excluding hydrogens is 256 g/mol. The van der Waals surface area contributed by atoms with Crippen LogP contribution in [0.4, 0.5) is 5.69 Å². The molecule has 1 aliphatic carbocycles. The van der Waals surface area contributed by atoms with Gasteiger partial charge in [0.25, 0.3) is 0 Å². The van der Waals surface area contributed by atoms with Crippen molar-refractivity contribution in [1.29, 1.82) is 0 Å². The Hall–Kier alpha value is -2.04. The van der Waals surface area contributed by atoms with E-state index in [4.69, 9.17) is 4.74 Å². The van der Waals surface area contributed by atoms with E-state index in [2.05, 4.69) is 5.32 Å². The van der Waals surface area contributed by atoms with Crippen LogP contribution in [0.15, 0.2) is 24.3 Å². The first kappa shape index (κ1) is 13.0. The van der Waals surface area contributed by atoms with Crippen molar-refractivity contribution in [2.75, 3.05) is 18.6 Å². The summed E-state index contributed by atoms with van der Waals surface area (Å²) in [4.78, 5) is 26.1. The zero-order valence-corrected chi connectivity index (χ0v) is 11.5. The summed E-state index contributed by atoms with van der Waals surface area (Å²) >= 11 is 0. The predicted molar refractivity (Wildman–Crippen MR) is 74.6 cm³/mol. The number of nitrogens with zero attached hydrogens (tertiary/aromatic N) is 1. The fourth-order valence-corrected chi connectivity index (χ4v) is 2.58. The van der Waals surface area contributed by atoms with Crippen LogP contribution < -0.4 is 15.0 Å². The fraction of sp³-hybridized carbons (Fsp3) is 0.467. The molecule has 1 aliphatic heterocycles. The molecule has 1 saturated carbocycles. The maximum absolute atomic E-state index is 12.6. The van der Waals surface area contributed by atoms with Crippen LogP contribution in [0.5, 0.6) is 5.75 Å². The molecule has 2 fully saturated rings. The Bertz CT molecular complexity index is 540. The van der Waals surface area contributed by atoms with Crippen LogP contribution in [0.2, 0.25) is 0 Å². The van der Waals surface area contributed by atoms with Gasteiger partial charge in [-0.2, -0.15) is 0 Å². The zero-order valence-electron chi connectivity index (χ0n) is 11.5. The first-order valence-corrected chi connectivity index (χ1v) is 6.94. The number of hydrogen-bond acceptors (Lipinski definition) is 3. The van der Waals surface area contributed by atoms with Gasteiger partial charge in [-0.1, -0.05) is 6.07 Å². The van der Waals surface area contributed by atoms with Gasteiger partial charge in [-0.15, -0.1) is 0 Å². The molecule has 106 valence electrons. The smallest absolute Gasteiger partial charge is 0.249 e. The van der Waals surface area contributed by atoms with Crippen molar-refractivity contribution >= 4 is 17.5 Å². The molecule has 0 aromatic heterocycles. The van der Waals surface area contributed by atoms with Gasteiger partial charge >= 0.3 is 0 Å². The second-order valence-electron chi connectivity index (χ2n) is 5.32. The third-order valence-electron chi connectivity index (χ3n) is 3.87. The van der Waals surface area contributed by atoms with Gasteiger partial charge in [-0.3, -0.25) is 9.59 Å². The third-order valence-corrected chi connectivity index (χ3v) is 3.87. The average Bonchev–Trinajstić information content (AvgIpc) is 3.29. The van der Waals surface area contributed by atoms with Gasteiger partial charge in [0.2, 0.25) is 11.8 Å². The van der Waals surface area contributed by atoms with E-state index in [1.54, 1.807) is 12.0 Å². The van der Waals surface area contributed by atoms with E-state index in [9.17, 15) is 9.59 Å². The maximum Gasteiger partial charge on any atom is 0.249 e. The number of hydrogen-bond donors (Lipinski definition) is 1. The number of methoxy groups -OCH3 is 1. The van der Waals surface area contributed by atoms with E-state index < -0.39 is 0 Å². The summed E-state index contributed by atoms with van der Waals surface area (Å²) < 4.78 is 5.20. The van der Waals surface area contributed by atoms with Gasteiger partial charge in [-0.25, -0.2) is 0 Å². The van der Waals surface area contributed by atoms with Crippen LogP contribution in [0.25, 0.3) is 0 Å². The molecule has 1 aromatic rings. The quantitative estimate of drug-likeness (QED) is 0.904. The third kappa shape index (κ3) is 2.48. The van der Waals surface area contributed by atoms with Crippen molar-refractivity contribution in [2.45, 2.75) is 25.3 Å². The highest BCUT2D eigenvalue weighted by molar-refractivity contribution is 6.01. The molecule has 1 unspecified atom stereocenters. The first-order valence-electron chi connectivity index (χ1n) is 6.94. The molecule has 2 aliphatic rings. The SMILES string of the molecule is COc1cccc(N2CCC(=O)NC(C3CC3)C2=O)c1. The van der Waals surface area contributed by atoms with Crippen LogP contribution in [-0.2, 0) is 9.59 Å². The highest BCUT2D eigenvalue weighted by atomic mass is 16.5. The summed E-state index contributed by atoms with van der Waals surface area (Å²) in [7, 11) is 1.60. The first-order chi connectivity index (χ1) is 9.69. The van der Waals surface area contributed by atoms with Gasteiger partial charge in [0.1, 0.15) is 11.8 Å². The molecule has 5 nitrogen and oxygen atoms in total. The minimum atomic E-state index is -0.365. The molecule has 5 heteroatoms. The molecule has 1 saturated heterocycles. The Morgan fingerprint density at radius 1 is 1.30 bits per heavy atom. The Kier molecular flexibility index (Phi) is 3.34. The molecule has 0 spiro atoms. The standard InChI is InChI=1S/C15H18N2O3/c1-20-12-4-2-3-11(9-12)17-8-7-13(18)16-14(15(17)19)10-5-6-10/h2-4,9-10,14H,5-8H2,1H3,(H,16,18). The second-order valence-corrected chi connectivity index (χ2v) is 5.32. The number of carbonyl (C=O) groups is 2. The van der Waals surface area contributed by atoms with E-state index >= 15 is 0 Å². The average molecular weight is 274 g/mol. The normalized spacial score (nSPS) is 23.2. The molecule has 1 heterocycles. The van der Waals surface area contributed by atoms with Gasteiger partial charge in [0.05, 0.1) is 7.11 Å². The van der Waals surface area contributed by atoms with E-state index in [0.29, 0.717) is 24.6 Å². The number of carbonyl (C=O) groups excluding carboxylic acids is 2. The molecule has 1 aromatic carbocycles. The van der Waals surface area contributed by atoms with Gasteiger partial charge in [0, 0.05) is 24.7 Å². The summed E-state index contributed by atoms with van der Waals surface area (Å²) in [5, 5.41) is 2.86. The molecular formula is C15H18N2O3. The van der Waals surface area contributed by atoms with Crippen molar-refractivity contribution in [3.8, 4) is 5.75 Å². The van der Waals surface area contributed by atoms with Crippen molar-refractivity contribution in [3.05, 3.63) is 24.3 Å². The number of nitrogens with one attached hydrogen (secondary N) is 1. The second kappa shape index (κ2) is 5.15. The highest BCUT2D eigenvalue weighted by Gasteiger charge is 2.41. The lowest BCUT2D eigenvalue weighted by Crippen LogP contribution is -2.46. The molecule has 0 radical (unpaired) electrons. The van der Waals surface area contributed by atoms with Gasteiger partial charge < -0.3 is 15.0 Å². The van der Waals surface area contributed by atoms with Crippen LogP contribution in [-0.4, -0.2) is 31.5 Å². The predicted octanol–water partition coefficient (Wildman–Crippen LogP) is 1.33. The molecule has 3 rings (SSSR count). The highest BCUT2D eigenvalue weighted by Crippen LogP contribution is 2.35. The summed E-state index contributed by atoms with van der Waals surface area (Å²) in [6.45, 7) is 0.418. The minimum absolute atomic E-state index is 0.00777. The number of rotatable bonds is 3. The van der Waals surface area contributed by atoms with E-state index in [-0.39, 0.29) is 17.9 Å². The van der Waals surface area contributed by atoms with E-state index in [1.807, 2.05) is 24.3 Å². The Labute approximate surface area is 117 Å². The van der Waals surface area contributed by atoms with Crippen molar-refractivity contribution in [2.24, 2.45) is 5.92 Å². The minimum Gasteiger partial charge on any atom is -0.497 e. The maximum atomic E-state index is 12.6. The van der Waals surface area contributed by atoms with Crippen molar-refractivity contribution < 1.29 is 14.3 Å². The monoisotopic (exact) mass is 274 g/mol. The molecule has 20 heavy (non-hydrogen) atoms. The van der Waals surface area contributed by atoms with Crippen LogP contribution in [0, 0.1) is 5.92 Å². The molecule has 1 atom stereocenters. The summed E-state index contributed by atoms with van der Waals surface area (Å²) in [5.74, 6) is 0.965. The lowest BCUT2D eigenvalue weighted by molar-refractivity contribution is -0.126. The Morgan fingerprint density at radius 3 is 2.80 bits per heavy atom. The lowest BCUT2D eigenvalue weighted by atomic mass is 10.1. The van der Waals surface area contributed by atoms with Crippen LogP contribution in [0.1, 0.15) is 19.3 Å². The summed E-state index contributed by atoms with van der Waals surface area (Å²) in [6, 6.07) is 7.04. The fourth-order valence-electron chi connectivity index (χ4n) is 2.58. The Morgan fingerprint density at radius 2 is 2.10 bits per heavy atom. The molecule has 2 amide bonds. The van der Waals surface area contributed by atoms with Crippen molar-refractivity contribution in [3.63, 3.8) is 0 Å². The van der Waals surface area contributed by atoms with Gasteiger partial charge in [0.15, 0.2) is 0 Å². The van der Waals surface area contributed by atoms with Crippen LogP contribution in [0.3, 0.4) is 0 Å². The van der Waals surface area contributed by atoms with Crippen molar-refractivity contribution in [1.82, 2.24) is 5.32 Å². The Balaban J connectivity index is 1.89. The number of anilines is 1. The largest absolute Gasteiger partial charge is 0.497 e. The summed E-state index contributed by atoms with van der Waals surface area (Å²) in [6.07, 6.45) is 2.37. The molecule has 1 N–H and O–H groups in total.